The molecule has 0 bridgehead atoms. The van der Waals surface area contributed by atoms with Crippen molar-refractivity contribution in [1.29, 1.82) is 0 Å². The van der Waals surface area contributed by atoms with Crippen LogP contribution in [0.5, 0.6) is 5.75 Å². The van der Waals surface area contributed by atoms with Crippen LogP contribution in [0.15, 0.2) is 42.6 Å². The summed E-state index contributed by atoms with van der Waals surface area (Å²) in [5.41, 5.74) is 1.61. The lowest BCUT2D eigenvalue weighted by molar-refractivity contribution is 0.0697. The van der Waals surface area contributed by atoms with Gasteiger partial charge in [0.05, 0.1) is 17.9 Å². The van der Waals surface area contributed by atoms with Gasteiger partial charge in [0.15, 0.2) is 0 Å². The Morgan fingerprint density at radius 2 is 2.17 bits per heavy atom. The van der Waals surface area contributed by atoms with E-state index in [1.807, 2.05) is 25.1 Å². The lowest BCUT2D eigenvalue weighted by atomic mass is 10.1. The average molecular weight is 243 g/mol. The molecule has 4 nitrogen and oxygen atoms in total. The molecule has 0 saturated carbocycles. The highest BCUT2D eigenvalue weighted by atomic mass is 16.5. The van der Waals surface area contributed by atoms with Gasteiger partial charge in [-0.25, -0.2) is 4.79 Å². The fourth-order valence-electron chi connectivity index (χ4n) is 1.67. The summed E-state index contributed by atoms with van der Waals surface area (Å²) < 4.78 is 5.49. The standard InChI is InChI=1S/C14H13NO3/c1-2-18-13-7-6-10(14(16)17)9-11(13)12-5-3-4-8-15-12/h3-9H,2H2,1H3,(H,16,17). The zero-order chi connectivity index (χ0) is 13.0. The molecule has 18 heavy (non-hydrogen) atoms. The predicted molar refractivity (Wildman–Crippen MR) is 67.8 cm³/mol. The van der Waals surface area contributed by atoms with Gasteiger partial charge < -0.3 is 9.84 Å². The number of ether oxygens (including phenoxy) is 1. The molecule has 0 saturated heterocycles. The van der Waals surface area contributed by atoms with E-state index in [4.69, 9.17) is 9.84 Å². The molecule has 1 N–H and O–H groups in total. The van der Waals surface area contributed by atoms with E-state index in [9.17, 15) is 4.79 Å². The average Bonchev–Trinajstić information content (AvgIpc) is 2.40. The van der Waals surface area contributed by atoms with Crippen LogP contribution in [0.25, 0.3) is 11.3 Å². The molecule has 1 aromatic heterocycles. The van der Waals surface area contributed by atoms with Crippen LogP contribution in [0.3, 0.4) is 0 Å². The van der Waals surface area contributed by atoms with Crippen LogP contribution in [0, 0.1) is 0 Å². The number of aromatic carboxylic acids is 1. The molecule has 4 heteroatoms. The predicted octanol–water partition coefficient (Wildman–Crippen LogP) is 2.85. The van der Waals surface area contributed by atoms with E-state index >= 15 is 0 Å². The third-order valence-corrected chi connectivity index (χ3v) is 2.47. The molecule has 1 heterocycles. The number of hydrogen-bond donors (Lipinski definition) is 1. The van der Waals surface area contributed by atoms with Crippen LogP contribution in [-0.4, -0.2) is 22.7 Å². The van der Waals surface area contributed by atoms with E-state index in [1.54, 1.807) is 18.3 Å². The molecule has 0 aliphatic rings. The zero-order valence-corrected chi connectivity index (χ0v) is 9.96. The summed E-state index contributed by atoms with van der Waals surface area (Å²) in [6.07, 6.45) is 1.67. The number of hydrogen-bond acceptors (Lipinski definition) is 3. The summed E-state index contributed by atoms with van der Waals surface area (Å²) in [4.78, 5) is 15.2. The van der Waals surface area contributed by atoms with Crippen LogP contribution in [0.4, 0.5) is 0 Å². The van der Waals surface area contributed by atoms with Gasteiger partial charge in [0.1, 0.15) is 5.75 Å². The lowest BCUT2D eigenvalue weighted by Gasteiger charge is -2.10. The van der Waals surface area contributed by atoms with Crippen molar-refractivity contribution in [3.63, 3.8) is 0 Å². The highest BCUT2D eigenvalue weighted by Gasteiger charge is 2.11. The first-order valence-corrected chi connectivity index (χ1v) is 5.64. The molecule has 0 aliphatic heterocycles. The zero-order valence-electron chi connectivity index (χ0n) is 9.96. The molecule has 0 aliphatic carbocycles. The molecule has 0 fully saturated rings. The number of carboxylic acids is 1. The molecule has 0 radical (unpaired) electrons. The molecule has 92 valence electrons. The van der Waals surface area contributed by atoms with E-state index in [2.05, 4.69) is 4.98 Å². The van der Waals surface area contributed by atoms with Crippen LogP contribution in [0.2, 0.25) is 0 Å². The van der Waals surface area contributed by atoms with Gasteiger partial charge in [-0.2, -0.15) is 0 Å². The van der Waals surface area contributed by atoms with Crippen molar-refractivity contribution < 1.29 is 14.6 Å². The van der Waals surface area contributed by atoms with Crippen molar-refractivity contribution in [2.24, 2.45) is 0 Å². The van der Waals surface area contributed by atoms with E-state index in [-0.39, 0.29) is 5.56 Å². The Hall–Kier alpha value is -2.36. The number of nitrogens with zero attached hydrogens (tertiary/aromatic N) is 1. The van der Waals surface area contributed by atoms with Crippen molar-refractivity contribution >= 4 is 5.97 Å². The summed E-state index contributed by atoms with van der Waals surface area (Å²) in [6.45, 7) is 2.40. The van der Waals surface area contributed by atoms with Crippen LogP contribution in [-0.2, 0) is 0 Å². The summed E-state index contributed by atoms with van der Waals surface area (Å²) in [5, 5.41) is 9.02. The van der Waals surface area contributed by atoms with E-state index < -0.39 is 5.97 Å². The first kappa shape index (κ1) is 12.1. The van der Waals surface area contributed by atoms with Gasteiger partial charge in [-0.05, 0) is 37.3 Å². The first-order valence-electron chi connectivity index (χ1n) is 5.64. The van der Waals surface area contributed by atoms with E-state index in [0.717, 1.165) is 0 Å². The Kier molecular flexibility index (Phi) is 3.57. The minimum absolute atomic E-state index is 0.221. The maximum atomic E-state index is 11.0. The Balaban J connectivity index is 2.54. The summed E-state index contributed by atoms with van der Waals surface area (Å²) in [6, 6.07) is 10.3. The normalized spacial score (nSPS) is 10.1. The second-order valence-corrected chi connectivity index (χ2v) is 3.66. The SMILES string of the molecule is CCOc1ccc(C(=O)O)cc1-c1ccccn1. The smallest absolute Gasteiger partial charge is 0.335 e. The van der Waals surface area contributed by atoms with Gasteiger partial charge >= 0.3 is 5.97 Å². The highest BCUT2D eigenvalue weighted by molar-refractivity contribution is 5.90. The molecule has 0 amide bonds. The number of carboxylic acid groups (broad SMARTS) is 1. The van der Waals surface area contributed by atoms with Gasteiger partial charge in [0.2, 0.25) is 0 Å². The minimum atomic E-state index is -0.963. The van der Waals surface area contributed by atoms with Crippen LogP contribution >= 0.6 is 0 Å². The monoisotopic (exact) mass is 243 g/mol. The summed E-state index contributed by atoms with van der Waals surface area (Å²) >= 11 is 0. The summed E-state index contributed by atoms with van der Waals surface area (Å²) in [5.74, 6) is -0.323. The molecule has 2 rings (SSSR count). The van der Waals surface area contributed by atoms with Crippen molar-refractivity contribution in [1.82, 2.24) is 4.98 Å². The fraction of sp³-hybridized carbons (Fsp3) is 0.143. The fourth-order valence-corrected chi connectivity index (χ4v) is 1.67. The van der Waals surface area contributed by atoms with Crippen molar-refractivity contribution in [2.75, 3.05) is 6.61 Å². The molecular weight excluding hydrogens is 230 g/mol. The summed E-state index contributed by atoms with van der Waals surface area (Å²) in [7, 11) is 0. The molecule has 0 unspecified atom stereocenters. The van der Waals surface area contributed by atoms with Gasteiger partial charge in [0.25, 0.3) is 0 Å². The third kappa shape index (κ3) is 2.48. The van der Waals surface area contributed by atoms with Crippen molar-refractivity contribution in [2.45, 2.75) is 6.92 Å². The Bertz CT molecular complexity index is 552. The molecule has 0 spiro atoms. The van der Waals surface area contributed by atoms with Gasteiger partial charge in [-0.1, -0.05) is 6.07 Å². The topological polar surface area (TPSA) is 59.4 Å². The van der Waals surface area contributed by atoms with Crippen molar-refractivity contribution in [3.8, 4) is 17.0 Å². The van der Waals surface area contributed by atoms with Gasteiger partial charge in [-0.15, -0.1) is 0 Å². The maximum Gasteiger partial charge on any atom is 0.335 e. The lowest BCUT2D eigenvalue weighted by Crippen LogP contribution is -2.00. The number of benzene rings is 1. The number of carbonyl (C=O) groups is 1. The number of rotatable bonds is 4. The second-order valence-electron chi connectivity index (χ2n) is 3.66. The molecular formula is C14H13NO3. The Labute approximate surface area is 105 Å². The molecule has 0 atom stereocenters. The Morgan fingerprint density at radius 3 is 2.78 bits per heavy atom. The second kappa shape index (κ2) is 5.31. The first-order chi connectivity index (χ1) is 8.72. The Morgan fingerprint density at radius 1 is 1.33 bits per heavy atom. The third-order valence-electron chi connectivity index (χ3n) is 2.47. The van der Waals surface area contributed by atoms with Gasteiger partial charge in [-0.3, -0.25) is 4.98 Å². The van der Waals surface area contributed by atoms with E-state index in [1.165, 1.54) is 6.07 Å². The molecule has 1 aromatic carbocycles. The highest BCUT2D eigenvalue weighted by Crippen LogP contribution is 2.29. The molecule has 2 aromatic rings. The largest absolute Gasteiger partial charge is 0.493 e. The van der Waals surface area contributed by atoms with Crippen LogP contribution in [0.1, 0.15) is 17.3 Å². The number of pyridine rings is 1. The quantitative estimate of drug-likeness (QED) is 0.897. The van der Waals surface area contributed by atoms with E-state index in [0.29, 0.717) is 23.6 Å². The van der Waals surface area contributed by atoms with Crippen molar-refractivity contribution in [3.05, 3.63) is 48.2 Å². The number of aromatic nitrogens is 1. The minimum Gasteiger partial charge on any atom is -0.493 e. The maximum absolute atomic E-state index is 11.0. The van der Waals surface area contributed by atoms with Crippen LogP contribution < -0.4 is 4.74 Å². The van der Waals surface area contributed by atoms with Gasteiger partial charge in [0, 0.05) is 11.8 Å².